The number of benzene rings is 1. The fourth-order valence-electron chi connectivity index (χ4n) is 3.25. The third-order valence-electron chi connectivity index (χ3n) is 4.43. The zero-order valence-corrected chi connectivity index (χ0v) is 14.0. The van der Waals surface area contributed by atoms with Gasteiger partial charge in [0, 0.05) is 12.6 Å². The van der Waals surface area contributed by atoms with Crippen LogP contribution in [-0.4, -0.2) is 14.5 Å². The van der Waals surface area contributed by atoms with Gasteiger partial charge < -0.3 is 5.73 Å². The summed E-state index contributed by atoms with van der Waals surface area (Å²) in [4.78, 5) is 0.355. The molecule has 1 unspecified atom stereocenters. The van der Waals surface area contributed by atoms with Gasteiger partial charge in [-0.25, -0.2) is 13.1 Å². The molecule has 0 saturated heterocycles. The van der Waals surface area contributed by atoms with Crippen molar-refractivity contribution in [3.8, 4) is 0 Å². The van der Waals surface area contributed by atoms with E-state index in [2.05, 4.69) is 18.6 Å². The van der Waals surface area contributed by atoms with Gasteiger partial charge in [0.25, 0.3) is 0 Å². The number of hydrogen-bond donors (Lipinski definition) is 2. The Hall–Kier alpha value is -0.910. The van der Waals surface area contributed by atoms with Crippen molar-refractivity contribution in [2.75, 3.05) is 0 Å². The van der Waals surface area contributed by atoms with Crippen LogP contribution in [0.1, 0.15) is 50.7 Å². The van der Waals surface area contributed by atoms with Crippen molar-refractivity contribution in [1.29, 1.82) is 0 Å². The summed E-state index contributed by atoms with van der Waals surface area (Å²) in [6.07, 6.45) is 4.04. The monoisotopic (exact) mass is 310 g/mol. The van der Waals surface area contributed by atoms with Gasteiger partial charge in [-0.15, -0.1) is 0 Å². The van der Waals surface area contributed by atoms with E-state index in [-0.39, 0.29) is 11.5 Å². The molecule has 1 aromatic rings. The quantitative estimate of drug-likeness (QED) is 0.898. The summed E-state index contributed by atoms with van der Waals surface area (Å²) >= 11 is 0. The lowest BCUT2D eigenvalue weighted by molar-refractivity contribution is 0.212. The molecule has 5 heteroatoms. The van der Waals surface area contributed by atoms with Crippen LogP contribution in [-0.2, 0) is 16.6 Å². The van der Waals surface area contributed by atoms with Gasteiger partial charge in [0.1, 0.15) is 0 Å². The molecule has 118 valence electrons. The smallest absolute Gasteiger partial charge is 0.241 e. The van der Waals surface area contributed by atoms with Crippen LogP contribution in [0, 0.1) is 12.3 Å². The van der Waals surface area contributed by atoms with Crippen molar-refractivity contribution < 1.29 is 8.42 Å². The van der Waals surface area contributed by atoms with Crippen LogP contribution in [0.4, 0.5) is 0 Å². The zero-order chi connectivity index (χ0) is 15.7. The van der Waals surface area contributed by atoms with E-state index in [1.54, 1.807) is 12.1 Å². The predicted molar refractivity (Wildman–Crippen MR) is 85.4 cm³/mol. The molecular formula is C16H26N2O2S. The van der Waals surface area contributed by atoms with Crippen molar-refractivity contribution in [2.24, 2.45) is 11.1 Å². The molecule has 0 radical (unpaired) electrons. The molecule has 0 aliphatic heterocycles. The van der Waals surface area contributed by atoms with E-state index >= 15 is 0 Å². The Morgan fingerprint density at radius 2 is 2.10 bits per heavy atom. The molecule has 0 bridgehead atoms. The van der Waals surface area contributed by atoms with Crippen LogP contribution in [0.5, 0.6) is 0 Å². The molecule has 1 aliphatic carbocycles. The van der Waals surface area contributed by atoms with E-state index in [0.29, 0.717) is 11.4 Å². The Kier molecular flexibility index (Phi) is 4.76. The molecule has 1 atom stereocenters. The van der Waals surface area contributed by atoms with Crippen molar-refractivity contribution in [3.63, 3.8) is 0 Å². The predicted octanol–water partition coefficient (Wildman–Crippen LogP) is 2.70. The summed E-state index contributed by atoms with van der Waals surface area (Å²) in [5.41, 5.74) is 7.50. The molecule has 21 heavy (non-hydrogen) atoms. The molecule has 0 spiro atoms. The van der Waals surface area contributed by atoms with Gasteiger partial charge in [0.2, 0.25) is 10.0 Å². The van der Waals surface area contributed by atoms with Crippen molar-refractivity contribution >= 4 is 10.0 Å². The average Bonchev–Trinajstić information content (AvgIpc) is 2.37. The lowest BCUT2D eigenvalue weighted by Gasteiger charge is -2.35. The number of rotatable bonds is 4. The zero-order valence-electron chi connectivity index (χ0n) is 13.1. The topological polar surface area (TPSA) is 72.2 Å². The normalized spacial score (nSPS) is 22.2. The first-order chi connectivity index (χ1) is 9.75. The molecule has 1 aromatic carbocycles. The molecule has 2 rings (SSSR count). The van der Waals surface area contributed by atoms with Crippen LogP contribution in [0.15, 0.2) is 23.1 Å². The number of nitrogens with one attached hydrogen (secondary N) is 1. The third kappa shape index (κ3) is 3.84. The minimum Gasteiger partial charge on any atom is -0.326 e. The van der Waals surface area contributed by atoms with E-state index in [4.69, 9.17) is 5.73 Å². The second-order valence-corrected chi connectivity index (χ2v) is 8.51. The van der Waals surface area contributed by atoms with E-state index in [1.165, 1.54) is 0 Å². The molecule has 1 fully saturated rings. The van der Waals surface area contributed by atoms with Crippen LogP contribution < -0.4 is 10.5 Å². The maximum absolute atomic E-state index is 12.6. The van der Waals surface area contributed by atoms with Gasteiger partial charge in [0.05, 0.1) is 4.90 Å². The highest BCUT2D eigenvalue weighted by molar-refractivity contribution is 7.89. The number of nitrogens with two attached hydrogens (primary N) is 1. The second kappa shape index (κ2) is 6.07. The largest absolute Gasteiger partial charge is 0.326 e. The maximum Gasteiger partial charge on any atom is 0.241 e. The minimum atomic E-state index is -3.48. The fourth-order valence-corrected chi connectivity index (χ4v) is 4.81. The van der Waals surface area contributed by atoms with Crippen molar-refractivity contribution in [2.45, 2.75) is 63.9 Å². The summed E-state index contributed by atoms with van der Waals surface area (Å²) in [7, 11) is -3.48. The van der Waals surface area contributed by atoms with Gasteiger partial charge in [-0.05, 0) is 48.8 Å². The first-order valence-corrected chi connectivity index (χ1v) is 9.04. The molecule has 1 aliphatic rings. The van der Waals surface area contributed by atoms with E-state index in [9.17, 15) is 8.42 Å². The minimum absolute atomic E-state index is 0.0275. The molecule has 1 saturated carbocycles. The van der Waals surface area contributed by atoms with E-state index in [1.807, 2.05) is 13.0 Å². The van der Waals surface area contributed by atoms with Gasteiger partial charge >= 0.3 is 0 Å². The summed E-state index contributed by atoms with van der Waals surface area (Å²) in [5.74, 6) is 0. The summed E-state index contributed by atoms with van der Waals surface area (Å²) in [5, 5.41) is 0. The molecular weight excluding hydrogens is 284 g/mol. The summed E-state index contributed by atoms with van der Waals surface area (Å²) in [6.45, 7) is 6.58. The summed E-state index contributed by atoms with van der Waals surface area (Å²) in [6, 6.07) is 5.32. The van der Waals surface area contributed by atoms with E-state index < -0.39 is 10.0 Å². The van der Waals surface area contributed by atoms with Gasteiger partial charge in [-0.3, -0.25) is 0 Å². The Labute approximate surface area is 128 Å². The van der Waals surface area contributed by atoms with Crippen molar-refractivity contribution in [3.05, 3.63) is 29.3 Å². The Morgan fingerprint density at radius 1 is 1.38 bits per heavy atom. The lowest BCUT2D eigenvalue weighted by atomic mass is 9.75. The van der Waals surface area contributed by atoms with E-state index in [0.717, 1.165) is 36.8 Å². The number of sulfonamides is 1. The number of hydrogen-bond acceptors (Lipinski definition) is 3. The van der Waals surface area contributed by atoms with Crippen LogP contribution in [0.25, 0.3) is 0 Å². The highest BCUT2D eigenvalue weighted by atomic mass is 32.2. The highest BCUT2D eigenvalue weighted by Gasteiger charge is 2.31. The standard InChI is InChI=1S/C16H26N2O2S/c1-12-13(11-17)6-4-8-15(12)21(19,20)18-14-7-5-9-16(2,3)10-14/h4,6,8,14,18H,5,7,9-11,17H2,1-3H3. The van der Waals surface area contributed by atoms with Crippen LogP contribution in [0.2, 0.25) is 0 Å². The van der Waals surface area contributed by atoms with Crippen LogP contribution in [0.3, 0.4) is 0 Å². The summed E-state index contributed by atoms with van der Waals surface area (Å²) < 4.78 is 28.2. The Balaban J connectivity index is 2.23. The lowest BCUT2D eigenvalue weighted by Crippen LogP contribution is -2.40. The molecule has 4 nitrogen and oxygen atoms in total. The highest BCUT2D eigenvalue weighted by Crippen LogP contribution is 2.35. The maximum atomic E-state index is 12.6. The first kappa shape index (κ1) is 16.5. The molecule has 3 N–H and O–H groups in total. The van der Waals surface area contributed by atoms with Crippen LogP contribution >= 0.6 is 0 Å². The first-order valence-electron chi connectivity index (χ1n) is 7.56. The Bertz CT molecular complexity index is 609. The van der Waals surface area contributed by atoms with Gasteiger partial charge in [-0.1, -0.05) is 32.4 Å². The SMILES string of the molecule is Cc1c(CN)cccc1S(=O)(=O)NC1CCCC(C)(C)C1. The third-order valence-corrected chi connectivity index (χ3v) is 6.10. The van der Waals surface area contributed by atoms with Gasteiger partial charge in [0.15, 0.2) is 0 Å². The molecule has 0 aromatic heterocycles. The van der Waals surface area contributed by atoms with Crippen molar-refractivity contribution in [1.82, 2.24) is 4.72 Å². The average molecular weight is 310 g/mol. The Morgan fingerprint density at radius 3 is 2.71 bits per heavy atom. The fraction of sp³-hybridized carbons (Fsp3) is 0.625. The second-order valence-electron chi connectivity index (χ2n) is 6.82. The molecule has 0 amide bonds. The molecule has 0 heterocycles. The van der Waals surface area contributed by atoms with Gasteiger partial charge in [-0.2, -0.15) is 0 Å².